The van der Waals surface area contributed by atoms with Gasteiger partial charge in [0.1, 0.15) is 6.07 Å². The number of hydrogen-bond donors (Lipinski definition) is 0. The van der Waals surface area contributed by atoms with Crippen LogP contribution in [0.1, 0.15) is 0 Å². The first-order valence-corrected chi connectivity index (χ1v) is 6.02. The maximum absolute atomic E-state index is 8.70. The molecule has 5 heteroatoms. The fourth-order valence-corrected chi connectivity index (χ4v) is 3.91. The SMILES string of the molecule is N#CC(C(=S)Br)=C1SCCS1. The van der Waals surface area contributed by atoms with Gasteiger partial charge in [-0.15, -0.1) is 23.5 Å². The average molecular weight is 266 g/mol. The molecule has 0 unspecified atom stereocenters. The molecule has 0 amide bonds. The number of rotatable bonds is 1. The molecule has 1 rings (SSSR count). The molecule has 1 heterocycles. The monoisotopic (exact) mass is 265 g/mol. The number of nitriles is 1. The topological polar surface area (TPSA) is 23.8 Å². The van der Waals surface area contributed by atoms with E-state index in [4.69, 9.17) is 17.5 Å². The maximum Gasteiger partial charge on any atom is 0.103 e. The van der Waals surface area contributed by atoms with Crippen molar-refractivity contribution >= 4 is 55.4 Å². The Morgan fingerprint density at radius 2 is 2.09 bits per heavy atom. The van der Waals surface area contributed by atoms with Gasteiger partial charge in [-0.1, -0.05) is 12.2 Å². The van der Waals surface area contributed by atoms with Crippen molar-refractivity contribution in [1.29, 1.82) is 5.26 Å². The second-order valence-electron chi connectivity index (χ2n) is 1.74. The molecule has 0 aromatic carbocycles. The fraction of sp³-hybridized carbons (Fsp3) is 0.333. The highest BCUT2D eigenvalue weighted by Crippen LogP contribution is 2.39. The first-order valence-electron chi connectivity index (χ1n) is 2.85. The van der Waals surface area contributed by atoms with Crippen LogP contribution in [-0.2, 0) is 0 Å². The van der Waals surface area contributed by atoms with Gasteiger partial charge < -0.3 is 0 Å². The Kier molecular flexibility index (Phi) is 3.93. The van der Waals surface area contributed by atoms with Crippen LogP contribution < -0.4 is 0 Å². The zero-order valence-corrected chi connectivity index (χ0v) is 9.50. The van der Waals surface area contributed by atoms with Crippen LogP contribution in [0.25, 0.3) is 0 Å². The molecule has 0 saturated carbocycles. The molecule has 0 aromatic rings. The number of hydrogen-bond acceptors (Lipinski definition) is 4. The van der Waals surface area contributed by atoms with Gasteiger partial charge in [-0.3, -0.25) is 0 Å². The summed E-state index contributed by atoms with van der Waals surface area (Å²) in [4.78, 5) is 0. The molecule has 1 nitrogen and oxygen atoms in total. The van der Waals surface area contributed by atoms with Crippen molar-refractivity contribution in [2.75, 3.05) is 11.5 Å². The molecule has 11 heavy (non-hydrogen) atoms. The third-order valence-corrected chi connectivity index (χ3v) is 4.38. The van der Waals surface area contributed by atoms with Crippen LogP contribution in [0.2, 0.25) is 0 Å². The molecule has 0 aromatic heterocycles. The minimum atomic E-state index is 0.525. The first kappa shape index (κ1) is 9.59. The van der Waals surface area contributed by atoms with Crippen LogP contribution in [0.5, 0.6) is 0 Å². The van der Waals surface area contributed by atoms with Crippen molar-refractivity contribution in [3.63, 3.8) is 0 Å². The maximum atomic E-state index is 8.70. The first-order chi connectivity index (χ1) is 5.25. The van der Waals surface area contributed by atoms with E-state index in [0.29, 0.717) is 9.35 Å². The summed E-state index contributed by atoms with van der Waals surface area (Å²) in [7, 11) is 0. The zero-order chi connectivity index (χ0) is 8.27. The number of thiocarbonyl (C=S) groups is 1. The van der Waals surface area contributed by atoms with Gasteiger partial charge >= 0.3 is 0 Å². The molecule has 1 aliphatic heterocycles. The van der Waals surface area contributed by atoms with Gasteiger partial charge in [0, 0.05) is 11.5 Å². The van der Waals surface area contributed by atoms with E-state index >= 15 is 0 Å². The van der Waals surface area contributed by atoms with Gasteiger partial charge in [0.05, 0.1) is 13.6 Å². The normalized spacial score (nSPS) is 16.2. The molecular weight excluding hydrogens is 262 g/mol. The van der Waals surface area contributed by atoms with E-state index in [1.165, 1.54) is 0 Å². The lowest BCUT2D eigenvalue weighted by molar-refractivity contribution is 1.52. The van der Waals surface area contributed by atoms with Crippen LogP contribution in [0, 0.1) is 11.3 Å². The third-order valence-electron chi connectivity index (χ3n) is 1.06. The predicted octanol–water partition coefficient (Wildman–Crippen LogP) is 2.92. The lowest BCUT2D eigenvalue weighted by Gasteiger charge is -1.95. The van der Waals surface area contributed by atoms with Crippen LogP contribution in [0.4, 0.5) is 0 Å². The number of thioether (sulfide) groups is 2. The predicted molar refractivity (Wildman–Crippen MR) is 59.1 cm³/mol. The summed E-state index contributed by atoms with van der Waals surface area (Å²) in [5.74, 6) is 2.17. The van der Waals surface area contributed by atoms with Crippen molar-refractivity contribution in [2.45, 2.75) is 0 Å². The Morgan fingerprint density at radius 1 is 1.55 bits per heavy atom. The van der Waals surface area contributed by atoms with E-state index in [1.54, 1.807) is 23.5 Å². The standard InChI is InChI=1S/C6H4BrNS3/c7-5(9)4(3-8)6-10-1-2-11-6/h1-2H2. The van der Waals surface area contributed by atoms with Crippen LogP contribution in [-0.4, -0.2) is 15.3 Å². The Labute approximate surface area is 87.7 Å². The smallest absolute Gasteiger partial charge is 0.103 e. The minimum absolute atomic E-state index is 0.525. The molecule has 1 saturated heterocycles. The second-order valence-corrected chi connectivity index (χ2v) is 5.94. The van der Waals surface area contributed by atoms with E-state index in [1.807, 2.05) is 0 Å². The highest BCUT2D eigenvalue weighted by molar-refractivity contribution is 9.20. The van der Waals surface area contributed by atoms with Crippen LogP contribution in [0.15, 0.2) is 9.81 Å². The van der Waals surface area contributed by atoms with Crippen LogP contribution in [0.3, 0.4) is 0 Å². The molecule has 0 bridgehead atoms. The Balaban J connectivity index is 2.90. The highest BCUT2D eigenvalue weighted by atomic mass is 79.9. The van der Waals surface area contributed by atoms with Crippen LogP contribution >= 0.6 is 51.7 Å². The molecule has 1 aliphatic rings. The second kappa shape index (κ2) is 4.51. The van der Waals surface area contributed by atoms with E-state index in [9.17, 15) is 0 Å². The van der Waals surface area contributed by atoms with Gasteiger partial charge in [-0.05, 0) is 15.9 Å². The summed E-state index contributed by atoms with van der Waals surface area (Å²) in [6.07, 6.45) is 0. The molecule has 0 N–H and O–H groups in total. The largest absolute Gasteiger partial charge is 0.192 e. The number of allylic oxidation sites excluding steroid dienone is 1. The fourth-order valence-electron chi connectivity index (χ4n) is 0.625. The molecule has 0 spiro atoms. The molecule has 1 fully saturated rings. The summed E-state index contributed by atoms with van der Waals surface area (Å²) in [5, 5.41) is 8.70. The molecule has 0 radical (unpaired) electrons. The minimum Gasteiger partial charge on any atom is -0.192 e. The molecule has 58 valence electrons. The van der Waals surface area contributed by atoms with E-state index in [2.05, 4.69) is 22.0 Å². The third kappa shape index (κ3) is 2.48. The van der Waals surface area contributed by atoms with E-state index < -0.39 is 0 Å². The summed E-state index contributed by atoms with van der Waals surface area (Å²) in [5.41, 5.74) is 0.618. The van der Waals surface area contributed by atoms with Gasteiger partial charge in [0.15, 0.2) is 0 Å². The highest BCUT2D eigenvalue weighted by Gasteiger charge is 2.15. The number of nitrogens with zero attached hydrogens (tertiary/aromatic N) is 1. The van der Waals surface area contributed by atoms with Crippen molar-refractivity contribution in [1.82, 2.24) is 0 Å². The van der Waals surface area contributed by atoms with Crippen molar-refractivity contribution in [2.24, 2.45) is 0 Å². The lowest BCUT2D eigenvalue weighted by atomic mass is 10.4. The van der Waals surface area contributed by atoms with Gasteiger partial charge in [0.2, 0.25) is 0 Å². The van der Waals surface area contributed by atoms with E-state index in [0.717, 1.165) is 15.7 Å². The molecule has 0 aliphatic carbocycles. The van der Waals surface area contributed by atoms with Crippen molar-refractivity contribution in [3.05, 3.63) is 9.81 Å². The Bertz CT molecular complexity index is 245. The summed E-state index contributed by atoms with van der Waals surface area (Å²) < 4.78 is 1.59. The van der Waals surface area contributed by atoms with Crippen molar-refractivity contribution < 1.29 is 0 Å². The zero-order valence-electron chi connectivity index (χ0n) is 5.46. The Morgan fingerprint density at radius 3 is 2.45 bits per heavy atom. The van der Waals surface area contributed by atoms with Crippen molar-refractivity contribution in [3.8, 4) is 6.07 Å². The molecule has 0 atom stereocenters. The molecular formula is C6H4BrNS3. The van der Waals surface area contributed by atoms with E-state index in [-0.39, 0.29) is 0 Å². The van der Waals surface area contributed by atoms with Gasteiger partial charge in [0.25, 0.3) is 0 Å². The summed E-state index contributed by atoms with van der Waals surface area (Å²) in [6, 6.07) is 2.09. The average Bonchev–Trinajstić information content (AvgIpc) is 2.40. The quantitative estimate of drug-likeness (QED) is 0.315. The summed E-state index contributed by atoms with van der Waals surface area (Å²) >= 11 is 11.4. The number of halogens is 1. The summed E-state index contributed by atoms with van der Waals surface area (Å²) in [6.45, 7) is 0. The lowest BCUT2D eigenvalue weighted by Crippen LogP contribution is -1.87. The van der Waals surface area contributed by atoms with Gasteiger partial charge in [-0.2, -0.15) is 5.26 Å². The van der Waals surface area contributed by atoms with Gasteiger partial charge in [-0.25, -0.2) is 0 Å². The Hall–Kier alpha value is 0.500.